The first-order valence-electron chi connectivity index (χ1n) is 9.39. The van der Waals surface area contributed by atoms with Gasteiger partial charge in [0.2, 0.25) is 0 Å². The highest BCUT2D eigenvalue weighted by Gasteiger charge is 2.31. The average molecular weight is 397 g/mol. The number of aromatic amines is 2. The SMILES string of the molecule is Cc1ccc2[nH]c3c(c2c1)CN(C(=O)c1cc2ccc(C(F)(F)F)cc2[nH]1)CC3. The Hall–Kier alpha value is -3.22. The largest absolute Gasteiger partial charge is 0.416 e. The third-order valence-electron chi connectivity index (χ3n) is 5.60. The van der Waals surface area contributed by atoms with Crippen molar-refractivity contribution in [1.29, 1.82) is 0 Å². The van der Waals surface area contributed by atoms with Crippen LogP contribution >= 0.6 is 0 Å². The molecule has 2 aromatic carbocycles. The van der Waals surface area contributed by atoms with Crippen molar-refractivity contribution < 1.29 is 18.0 Å². The number of aromatic nitrogens is 2. The van der Waals surface area contributed by atoms with E-state index in [4.69, 9.17) is 0 Å². The van der Waals surface area contributed by atoms with Gasteiger partial charge in [-0.05, 0) is 37.3 Å². The van der Waals surface area contributed by atoms with Gasteiger partial charge < -0.3 is 14.9 Å². The Bertz CT molecular complexity index is 1270. The topological polar surface area (TPSA) is 51.9 Å². The molecule has 29 heavy (non-hydrogen) atoms. The van der Waals surface area contributed by atoms with Gasteiger partial charge in [0.25, 0.3) is 5.91 Å². The summed E-state index contributed by atoms with van der Waals surface area (Å²) >= 11 is 0. The van der Waals surface area contributed by atoms with E-state index in [9.17, 15) is 18.0 Å². The Balaban J connectivity index is 1.47. The summed E-state index contributed by atoms with van der Waals surface area (Å²) < 4.78 is 38.8. The number of rotatable bonds is 1. The molecule has 0 aliphatic carbocycles. The fraction of sp³-hybridized carbons (Fsp3) is 0.227. The maximum atomic E-state index is 13.0. The monoisotopic (exact) mass is 397 g/mol. The Labute approximate surface area is 164 Å². The van der Waals surface area contributed by atoms with E-state index >= 15 is 0 Å². The van der Waals surface area contributed by atoms with Crippen LogP contribution < -0.4 is 0 Å². The number of hydrogen-bond acceptors (Lipinski definition) is 1. The minimum atomic E-state index is -4.42. The second-order valence-corrected chi connectivity index (χ2v) is 7.59. The predicted molar refractivity (Wildman–Crippen MR) is 105 cm³/mol. The van der Waals surface area contributed by atoms with Gasteiger partial charge in [-0.2, -0.15) is 13.2 Å². The van der Waals surface area contributed by atoms with Gasteiger partial charge in [-0.3, -0.25) is 4.79 Å². The number of fused-ring (bicyclic) bond motifs is 4. The van der Waals surface area contributed by atoms with Crippen LogP contribution in [0, 0.1) is 6.92 Å². The third-order valence-corrected chi connectivity index (χ3v) is 5.60. The van der Waals surface area contributed by atoms with E-state index in [1.165, 1.54) is 6.07 Å². The highest BCUT2D eigenvalue weighted by Crippen LogP contribution is 2.32. The molecule has 5 rings (SSSR count). The number of halogens is 3. The van der Waals surface area contributed by atoms with Gasteiger partial charge in [-0.25, -0.2) is 0 Å². The fourth-order valence-electron chi connectivity index (χ4n) is 4.09. The van der Waals surface area contributed by atoms with E-state index in [1.54, 1.807) is 11.0 Å². The van der Waals surface area contributed by atoms with Crippen LogP contribution in [-0.4, -0.2) is 27.3 Å². The molecule has 4 nitrogen and oxygen atoms in total. The van der Waals surface area contributed by atoms with Crippen molar-refractivity contribution >= 4 is 27.7 Å². The lowest BCUT2D eigenvalue weighted by Crippen LogP contribution is -2.35. The van der Waals surface area contributed by atoms with Gasteiger partial charge >= 0.3 is 6.18 Å². The van der Waals surface area contributed by atoms with E-state index in [0.29, 0.717) is 36.1 Å². The van der Waals surface area contributed by atoms with Crippen LogP contribution in [0.5, 0.6) is 0 Å². The maximum absolute atomic E-state index is 13.0. The second kappa shape index (κ2) is 6.14. The van der Waals surface area contributed by atoms with Crippen LogP contribution in [0.15, 0.2) is 42.5 Å². The summed E-state index contributed by atoms with van der Waals surface area (Å²) in [7, 11) is 0. The number of benzene rings is 2. The molecule has 0 atom stereocenters. The number of carbonyl (C=O) groups excluding carboxylic acids is 1. The summed E-state index contributed by atoms with van der Waals surface area (Å²) in [4.78, 5) is 21.1. The quantitative estimate of drug-likeness (QED) is 0.457. The molecule has 1 aliphatic rings. The maximum Gasteiger partial charge on any atom is 0.416 e. The number of carbonyl (C=O) groups is 1. The predicted octanol–water partition coefficient (Wildman–Crippen LogP) is 5.17. The van der Waals surface area contributed by atoms with E-state index in [1.807, 2.05) is 19.1 Å². The second-order valence-electron chi connectivity index (χ2n) is 7.59. The Kier molecular flexibility index (Phi) is 3.78. The molecule has 4 aromatic rings. The molecule has 0 unspecified atom stereocenters. The molecule has 2 N–H and O–H groups in total. The summed E-state index contributed by atoms with van der Waals surface area (Å²) in [6, 6.07) is 11.3. The summed E-state index contributed by atoms with van der Waals surface area (Å²) in [5.74, 6) is -0.206. The van der Waals surface area contributed by atoms with Gasteiger partial charge in [0.05, 0.1) is 5.56 Å². The molecule has 3 heterocycles. The summed E-state index contributed by atoms with van der Waals surface area (Å²) in [6.45, 7) is 3.06. The zero-order valence-electron chi connectivity index (χ0n) is 15.7. The molecular weight excluding hydrogens is 379 g/mol. The molecule has 1 aliphatic heterocycles. The molecule has 0 saturated carbocycles. The molecule has 1 amide bonds. The van der Waals surface area contributed by atoms with Gasteiger partial charge in [0, 0.05) is 52.6 Å². The molecule has 148 valence electrons. The molecule has 0 fully saturated rings. The van der Waals surface area contributed by atoms with Crippen LogP contribution in [0.25, 0.3) is 21.8 Å². The molecule has 0 radical (unpaired) electrons. The Morgan fingerprint density at radius 3 is 2.66 bits per heavy atom. The van der Waals surface area contributed by atoms with Crippen molar-refractivity contribution in [2.24, 2.45) is 0 Å². The van der Waals surface area contributed by atoms with Gasteiger partial charge in [-0.15, -0.1) is 0 Å². The van der Waals surface area contributed by atoms with Crippen molar-refractivity contribution in [2.45, 2.75) is 26.1 Å². The highest BCUT2D eigenvalue weighted by molar-refractivity contribution is 5.98. The van der Waals surface area contributed by atoms with E-state index in [0.717, 1.165) is 39.9 Å². The standard InChI is InChI=1S/C22H18F3N3O/c1-12-2-5-17-15(8-12)16-11-28(7-6-18(16)26-17)21(29)20-9-13-3-4-14(22(23,24)25)10-19(13)27-20/h2-5,8-10,26-27H,6-7,11H2,1H3. The van der Waals surface area contributed by atoms with Crippen molar-refractivity contribution in [3.63, 3.8) is 0 Å². The van der Waals surface area contributed by atoms with Crippen LogP contribution in [0.1, 0.15) is 32.9 Å². The zero-order chi connectivity index (χ0) is 20.3. The van der Waals surface area contributed by atoms with Crippen molar-refractivity contribution in [2.75, 3.05) is 6.54 Å². The fourth-order valence-corrected chi connectivity index (χ4v) is 4.09. The first-order valence-corrected chi connectivity index (χ1v) is 9.39. The van der Waals surface area contributed by atoms with Crippen molar-refractivity contribution in [3.8, 4) is 0 Å². The van der Waals surface area contributed by atoms with Crippen molar-refractivity contribution in [3.05, 3.63) is 70.5 Å². The van der Waals surface area contributed by atoms with Crippen LogP contribution in [0.2, 0.25) is 0 Å². The molecular formula is C22H18F3N3O. The smallest absolute Gasteiger partial charge is 0.358 e. The van der Waals surface area contributed by atoms with Crippen LogP contribution in [-0.2, 0) is 19.1 Å². The Morgan fingerprint density at radius 1 is 1.03 bits per heavy atom. The van der Waals surface area contributed by atoms with E-state index in [-0.39, 0.29) is 5.91 Å². The van der Waals surface area contributed by atoms with Crippen molar-refractivity contribution in [1.82, 2.24) is 14.9 Å². The highest BCUT2D eigenvalue weighted by atomic mass is 19.4. The summed E-state index contributed by atoms with van der Waals surface area (Å²) in [5, 5.41) is 1.70. The number of alkyl halides is 3. The van der Waals surface area contributed by atoms with Gasteiger partial charge in [-0.1, -0.05) is 17.7 Å². The lowest BCUT2D eigenvalue weighted by atomic mass is 10.0. The van der Waals surface area contributed by atoms with Crippen LogP contribution in [0.4, 0.5) is 13.2 Å². The minimum absolute atomic E-state index is 0.206. The number of hydrogen-bond donors (Lipinski definition) is 2. The number of nitrogens with zero attached hydrogens (tertiary/aromatic N) is 1. The first-order chi connectivity index (χ1) is 13.8. The van der Waals surface area contributed by atoms with Gasteiger partial charge in [0.1, 0.15) is 5.69 Å². The zero-order valence-corrected chi connectivity index (χ0v) is 15.7. The normalized spacial score (nSPS) is 14.6. The first kappa shape index (κ1) is 17.8. The average Bonchev–Trinajstić information content (AvgIpc) is 3.26. The number of H-pyrrole nitrogens is 2. The number of aryl methyl sites for hydroxylation is 1. The van der Waals surface area contributed by atoms with Gasteiger partial charge in [0.15, 0.2) is 0 Å². The molecule has 7 heteroatoms. The summed E-state index contributed by atoms with van der Waals surface area (Å²) in [6.07, 6.45) is -3.70. The lowest BCUT2D eigenvalue weighted by Gasteiger charge is -2.27. The molecule has 0 saturated heterocycles. The Morgan fingerprint density at radius 2 is 1.86 bits per heavy atom. The van der Waals surface area contributed by atoms with E-state index < -0.39 is 11.7 Å². The minimum Gasteiger partial charge on any atom is -0.358 e. The third kappa shape index (κ3) is 2.97. The molecule has 2 aromatic heterocycles. The lowest BCUT2D eigenvalue weighted by molar-refractivity contribution is -0.137. The number of nitrogens with one attached hydrogen (secondary N) is 2. The molecule has 0 spiro atoms. The van der Waals surface area contributed by atoms with E-state index in [2.05, 4.69) is 16.0 Å². The molecule has 0 bridgehead atoms. The number of amides is 1. The van der Waals surface area contributed by atoms with Crippen LogP contribution in [0.3, 0.4) is 0 Å². The summed E-state index contributed by atoms with van der Waals surface area (Å²) in [5.41, 5.74) is 4.34.